The normalized spacial score (nSPS) is 17.9. The molecule has 0 aromatic heterocycles. The molecule has 0 aromatic carbocycles. The standard InChI is InChI=1S/C5H13FO5P2/c1-5(2,3-10-12-7)4-11-13(6,8)9/h7,12H,3-4H2,1-2H3,(H,8,9). The van der Waals surface area contributed by atoms with Crippen LogP contribution in [0.5, 0.6) is 0 Å². The molecule has 2 N–H and O–H groups in total. The highest BCUT2D eigenvalue weighted by molar-refractivity contribution is 7.46. The van der Waals surface area contributed by atoms with Crippen molar-refractivity contribution in [3.63, 3.8) is 0 Å². The van der Waals surface area contributed by atoms with E-state index in [0.717, 1.165) is 0 Å². The van der Waals surface area contributed by atoms with Gasteiger partial charge in [-0.1, -0.05) is 13.8 Å². The zero-order chi connectivity index (χ0) is 10.5. The Morgan fingerprint density at radius 1 is 1.54 bits per heavy atom. The maximum atomic E-state index is 12.0. The molecule has 0 aliphatic heterocycles. The fourth-order valence-corrected chi connectivity index (χ4v) is 1.49. The largest absolute Gasteiger partial charge is 0.510 e. The molecule has 80 valence electrons. The molecule has 13 heavy (non-hydrogen) atoms. The zero-order valence-corrected chi connectivity index (χ0v) is 9.25. The van der Waals surface area contributed by atoms with Crippen LogP contribution in [0.1, 0.15) is 13.8 Å². The van der Waals surface area contributed by atoms with Crippen molar-refractivity contribution in [2.24, 2.45) is 5.41 Å². The van der Waals surface area contributed by atoms with Crippen molar-refractivity contribution in [3.05, 3.63) is 0 Å². The van der Waals surface area contributed by atoms with Crippen LogP contribution in [0.4, 0.5) is 4.20 Å². The van der Waals surface area contributed by atoms with Crippen molar-refractivity contribution < 1.29 is 27.6 Å². The molecule has 0 amide bonds. The highest BCUT2D eigenvalue weighted by atomic mass is 31.2. The summed E-state index contributed by atoms with van der Waals surface area (Å²) in [5, 5.41) is 0. The smallest absolute Gasteiger partial charge is 0.352 e. The number of hydrogen-bond acceptors (Lipinski definition) is 4. The molecule has 2 unspecified atom stereocenters. The van der Waals surface area contributed by atoms with Gasteiger partial charge in [0.1, 0.15) is 0 Å². The van der Waals surface area contributed by atoms with Gasteiger partial charge >= 0.3 is 7.91 Å². The van der Waals surface area contributed by atoms with Crippen LogP contribution in [0.25, 0.3) is 0 Å². The fourth-order valence-electron chi connectivity index (χ4n) is 0.524. The van der Waals surface area contributed by atoms with E-state index >= 15 is 0 Å². The van der Waals surface area contributed by atoms with E-state index in [-0.39, 0.29) is 13.2 Å². The Bertz CT molecular complexity index is 191. The van der Waals surface area contributed by atoms with Crippen LogP contribution in [0, 0.1) is 5.41 Å². The van der Waals surface area contributed by atoms with Crippen LogP contribution >= 0.6 is 16.9 Å². The number of halogens is 1. The molecule has 0 saturated heterocycles. The lowest BCUT2D eigenvalue weighted by Crippen LogP contribution is -2.23. The van der Waals surface area contributed by atoms with Crippen molar-refractivity contribution in [2.45, 2.75) is 13.8 Å². The first kappa shape index (κ1) is 13.4. The first-order chi connectivity index (χ1) is 5.77. The fraction of sp³-hybridized carbons (Fsp3) is 1.00. The summed E-state index contributed by atoms with van der Waals surface area (Å²) in [7, 11) is -5.57. The minimum Gasteiger partial charge on any atom is -0.352 e. The SMILES string of the molecule is CC(C)(COPO)COP(=O)(O)F. The van der Waals surface area contributed by atoms with Gasteiger partial charge < -0.3 is 9.42 Å². The first-order valence-corrected chi connectivity index (χ1v) is 5.77. The second kappa shape index (κ2) is 5.35. The Kier molecular flexibility index (Phi) is 5.52. The Labute approximate surface area is 77.9 Å². The van der Waals surface area contributed by atoms with Gasteiger partial charge in [-0.3, -0.25) is 9.42 Å². The predicted molar refractivity (Wildman–Crippen MR) is 47.2 cm³/mol. The van der Waals surface area contributed by atoms with Gasteiger partial charge in [0.2, 0.25) is 0 Å². The van der Waals surface area contributed by atoms with Crippen LogP contribution in [-0.4, -0.2) is 23.0 Å². The number of rotatable bonds is 6. The summed E-state index contributed by atoms with van der Waals surface area (Å²) in [5.41, 5.74) is -0.611. The van der Waals surface area contributed by atoms with Gasteiger partial charge in [0, 0.05) is 5.41 Å². The third kappa shape index (κ3) is 8.75. The molecule has 5 nitrogen and oxygen atoms in total. The summed E-state index contributed by atoms with van der Waals surface area (Å²) in [4.78, 5) is 16.5. The lowest BCUT2D eigenvalue weighted by atomic mass is 9.97. The van der Waals surface area contributed by atoms with Crippen LogP contribution in [-0.2, 0) is 13.6 Å². The third-order valence-electron chi connectivity index (χ3n) is 1.14. The zero-order valence-electron chi connectivity index (χ0n) is 7.36. The first-order valence-electron chi connectivity index (χ1n) is 3.45. The molecule has 0 radical (unpaired) electrons. The van der Waals surface area contributed by atoms with Gasteiger partial charge in [0.25, 0.3) is 0 Å². The van der Waals surface area contributed by atoms with Crippen molar-refractivity contribution in [2.75, 3.05) is 13.2 Å². The van der Waals surface area contributed by atoms with E-state index in [1.165, 1.54) is 0 Å². The van der Waals surface area contributed by atoms with E-state index in [9.17, 15) is 8.76 Å². The highest BCUT2D eigenvalue weighted by Crippen LogP contribution is 2.44. The molecule has 0 aliphatic carbocycles. The second-order valence-corrected chi connectivity index (χ2v) is 4.90. The topological polar surface area (TPSA) is 76.0 Å². The minimum atomic E-state index is -4.91. The molecule has 0 fully saturated rings. The maximum Gasteiger partial charge on any atom is 0.510 e. The average molecular weight is 234 g/mol. The van der Waals surface area contributed by atoms with Crippen molar-refractivity contribution >= 4 is 16.9 Å². The van der Waals surface area contributed by atoms with E-state index in [4.69, 9.17) is 9.79 Å². The predicted octanol–water partition coefficient (Wildman–Crippen LogP) is 1.62. The van der Waals surface area contributed by atoms with Gasteiger partial charge in [0.05, 0.1) is 13.2 Å². The molecule has 2 atom stereocenters. The average Bonchev–Trinajstić information content (AvgIpc) is 1.97. The summed E-state index contributed by atoms with van der Waals surface area (Å²) in [6, 6.07) is 0. The molecule has 0 saturated carbocycles. The Morgan fingerprint density at radius 2 is 2.08 bits per heavy atom. The van der Waals surface area contributed by atoms with E-state index < -0.39 is 22.4 Å². The number of hydrogen-bond donors (Lipinski definition) is 2. The third-order valence-corrected chi connectivity index (χ3v) is 1.86. The molecule has 0 aliphatic rings. The van der Waals surface area contributed by atoms with Crippen LogP contribution < -0.4 is 0 Å². The van der Waals surface area contributed by atoms with Gasteiger partial charge in [-0.15, -0.1) is 4.20 Å². The Balaban J connectivity index is 3.82. The van der Waals surface area contributed by atoms with Crippen LogP contribution in [0.3, 0.4) is 0 Å². The van der Waals surface area contributed by atoms with Crippen molar-refractivity contribution in [1.29, 1.82) is 0 Å². The molecular formula is C5H13FO5P2. The monoisotopic (exact) mass is 234 g/mol. The molecular weight excluding hydrogens is 221 g/mol. The quantitative estimate of drug-likeness (QED) is 0.683. The molecule has 8 heteroatoms. The summed E-state index contributed by atoms with van der Waals surface area (Å²) >= 11 is 0. The summed E-state index contributed by atoms with van der Waals surface area (Å²) in [6.45, 7) is 3.19. The Morgan fingerprint density at radius 3 is 2.46 bits per heavy atom. The second-order valence-electron chi connectivity index (χ2n) is 3.27. The summed E-state index contributed by atoms with van der Waals surface area (Å²) in [5.74, 6) is 0. The van der Waals surface area contributed by atoms with Gasteiger partial charge in [-0.05, 0) is 0 Å². The van der Waals surface area contributed by atoms with Crippen molar-refractivity contribution in [1.82, 2.24) is 0 Å². The van der Waals surface area contributed by atoms with Crippen molar-refractivity contribution in [3.8, 4) is 0 Å². The minimum absolute atomic E-state index is 0.127. The molecule has 0 bridgehead atoms. The highest BCUT2D eigenvalue weighted by Gasteiger charge is 2.25. The Hall–Kier alpha value is 0.430. The van der Waals surface area contributed by atoms with E-state index in [1.807, 2.05) is 0 Å². The molecule has 0 spiro atoms. The molecule has 0 aromatic rings. The maximum absolute atomic E-state index is 12.0. The summed E-state index contributed by atoms with van der Waals surface area (Å²) in [6.07, 6.45) is 0. The molecule has 0 heterocycles. The van der Waals surface area contributed by atoms with E-state index in [2.05, 4.69) is 9.05 Å². The van der Waals surface area contributed by atoms with Gasteiger partial charge in [0.15, 0.2) is 9.03 Å². The van der Waals surface area contributed by atoms with Crippen LogP contribution in [0.2, 0.25) is 0 Å². The lowest BCUT2D eigenvalue weighted by Gasteiger charge is -2.22. The van der Waals surface area contributed by atoms with E-state index in [0.29, 0.717) is 0 Å². The summed E-state index contributed by atoms with van der Waals surface area (Å²) < 4.78 is 30.9. The van der Waals surface area contributed by atoms with E-state index in [1.54, 1.807) is 13.8 Å². The van der Waals surface area contributed by atoms with Gasteiger partial charge in [-0.25, -0.2) is 4.57 Å². The van der Waals surface area contributed by atoms with Crippen LogP contribution in [0.15, 0.2) is 0 Å². The lowest BCUT2D eigenvalue weighted by molar-refractivity contribution is 0.0976. The van der Waals surface area contributed by atoms with Gasteiger partial charge in [-0.2, -0.15) is 0 Å². The molecule has 0 rings (SSSR count).